The van der Waals surface area contributed by atoms with Crippen LogP contribution in [0.25, 0.3) is 0 Å². The van der Waals surface area contributed by atoms with Crippen molar-refractivity contribution in [3.05, 3.63) is 57.2 Å². The molecule has 1 aromatic carbocycles. The van der Waals surface area contributed by atoms with Crippen molar-refractivity contribution in [1.29, 1.82) is 1.28 Å². The lowest BCUT2D eigenvalue weighted by molar-refractivity contribution is 0.861. The SMILES string of the molecule is CCCc1cc(=O)[nH]c(=S)[nH]1.NC(=S)Nc1ccccc1.[3H]PC. The minimum absolute atomic E-state index is 0.128. The monoisotopic (exact) mass is 372 g/mol. The lowest BCUT2D eigenvalue weighted by Gasteiger charge is -2.00. The Morgan fingerprint density at radius 1 is 1.39 bits per heavy atom. The number of aryl methyl sites for hydroxylation is 1. The second kappa shape index (κ2) is 12.9. The second-order valence-electron chi connectivity index (χ2n) is 4.22. The molecule has 0 aliphatic heterocycles. The molecular formula is C15H23N4OPS2. The number of nitrogens with two attached hydrogens (primary N) is 1. The van der Waals surface area contributed by atoms with E-state index in [1.54, 1.807) is 6.07 Å². The van der Waals surface area contributed by atoms with E-state index >= 15 is 0 Å². The maximum atomic E-state index is 10.8. The lowest BCUT2D eigenvalue weighted by Crippen LogP contribution is -2.18. The number of anilines is 1. The largest absolute Gasteiger partial charge is 0.376 e. The average Bonchev–Trinajstić information content (AvgIpc) is 2.48. The third-order valence-electron chi connectivity index (χ3n) is 2.38. The summed E-state index contributed by atoms with van der Waals surface area (Å²) in [6, 6.07) is 11.1. The van der Waals surface area contributed by atoms with Crippen LogP contribution >= 0.6 is 33.6 Å². The molecule has 2 rings (SSSR count). The Bertz CT molecular complexity index is 678. The molecule has 0 fully saturated rings. The molecule has 0 spiro atoms. The fourth-order valence-electron chi connectivity index (χ4n) is 1.59. The first kappa shape index (κ1) is 19.5. The molecule has 5 N–H and O–H groups in total. The molecule has 0 bridgehead atoms. The number of thiocarbonyl (C=S) groups is 1. The van der Waals surface area contributed by atoms with Crippen LogP contribution in [-0.4, -0.2) is 23.0 Å². The number of hydrogen-bond acceptors (Lipinski definition) is 3. The third-order valence-corrected chi connectivity index (χ3v) is 2.68. The number of aromatic amines is 2. The van der Waals surface area contributed by atoms with Crippen LogP contribution in [0.1, 0.15) is 19.0 Å². The summed E-state index contributed by atoms with van der Waals surface area (Å²) >= 11 is 9.43. The summed E-state index contributed by atoms with van der Waals surface area (Å²) in [6.45, 7) is 3.87. The molecule has 0 radical (unpaired) electrons. The number of benzene rings is 1. The standard InChI is InChI=1S/C7H10N2OS.C7H8N2S.CH5P/c1-2-3-5-4-6(10)9-7(11)8-5;8-7(10)9-6-4-2-1-3-5-6;1-2/h4H,2-3H2,1H3,(H2,8,9,10,11);1-5H,(H3,8,9,10);2H2,1H3/i;;2T. The second-order valence-corrected chi connectivity index (χ2v) is 5.07. The van der Waals surface area contributed by atoms with E-state index in [2.05, 4.69) is 34.4 Å². The molecule has 1 unspecified atom stereocenters. The van der Waals surface area contributed by atoms with Crippen LogP contribution in [0.4, 0.5) is 5.69 Å². The van der Waals surface area contributed by atoms with E-state index in [-0.39, 0.29) is 5.56 Å². The van der Waals surface area contributed by atoms with Crippen molar-refractivity contribution in [2.75, 3.05) is 12.0 Å². The molecule has 8 heteroatoms. The van der Waals surface area contributed by atoms with Crippen LogP contribution < -0.4 is 16.6 Å². The summed E-state index contributed by atoms with van der Waals surface area (Å²) < 4.78 is 6.64. The maximum absolute atomic E-state index is 10.8. The minimum Gasteiger partial charge on any atom is -0.376 e. The van der Waals surface area contributed by atoms with Crippen molar-refractivity contribution < 1.29 is 0 Å². The Morgan fingerprint density at radius 3 is 2.48 bits per heavy atom. The number of hydrogen-bond donors (Lipinski definition) is 4. The number of H-pyrrole nitrogens is 2. The van der Waals surface area contributed by atoms with Crippen LogP contribution in [-0.2, 0) is 6.42 Å². The van der Waals surface area contributed by atoms with Crippen LogP contribution in [0.3, 0.4) is 0 Å². The zero-order valence-corrected chi connectivity index (χ0v) is 15.8. The van der Waals surface area contributed by atoms with Gasteiger partial charge in [-0.3, -0.25) is 9.78 Å². The zero-order valence-electron chi connectivity index (χ0n) is 14.2. The van der Waals surface area contributed by atoms with Crippen molar-refractivity contribution in [3.8, 4) is 0 Å². The lowest BCUT2D eigenvalue weighted by atomic mass is 10.2. The molecule has 0 aliphatic rings. The molecule has 1 atom stereocenters. The summed E-state index contributed by atoms with van der Waals surface area (Å²) in [6.07, 6.45) is 1.88. The Balaban J connectivity index is 0.000000381. The van der Waals surface area contributed by atoms with Crippen molar-refractivity contribution in [1.82, 2.24) is 9.97 Å². The van der Waals surface area contributed by atoms with Gasteiger partial charge >= 0.3 is 0 Å². The van der Waals surface area contributed by atoms with Gasteiger partial charge in [0.1, 0.15) is 0 Å². The zero-order chi connectivity index (χ0) is 18.4. The summed E-state index contributed by atoms with van der Waals surface area (Å²) in [5, 5.41) is 3.11. The van der Waals surface area contributed by atoms with Gasteiger partial charge in [0.2, 0.25) is 0 Å². The van der Waals surface area contributed by atoms with Gasteiger partial charge in [0.05, 0.1) is 1.28 Å². The number of para-hydroxylation sites is 1. The fourth-order valence-corrected chi connectivity index (χ4v) is 1.94. The van der Waals surface area contributed by atoms with Crippen LogP contribution in [0.15, 0.2) is 41.2 Å². The normalized spacial score (nSPS) is 9.91. The summed E-state index contributed by atoms with van der Waals surface area (Å²) in [7, 11) is 0.333. The topological polar surface area (TPSA) is 86.7 Å². The Hall–Kier alpha value is -1.56. The third kappa shape index (κ3) is 10.7. The van der Waals surface area contributed by atoms with Crippen molar-refractivity contribution in [3.63, 3.8) is 0 Å². The van der Waals surface area contributed by atoms with Gasteiger partial charge in [-0.2, -0.15) is 0 Å². The van der Waals surface area contributed by atoms with Crippen molar-refractivity contribution in [2.45, 2.75) is 19.8 Å². The Morgan fingerprint density at radius 2 is 2.00 bits per heavy atom. The number of nitrogens with one attached hydrogen (secondary N) is 3. The van der Waals surface area contributed by atoms with Gasteiger partial charge in [0.15, 0.2) is 9.88 Å². The predicted molar refractivity (Wildman–Crippen MR) is 109 cm³/mol. The van der Waals surface area contributed by atoms with E-state index in [0.29, 0.717) is 19.1 Å². The van der Waals surface area contributed by atoms with Crippen molar-refractivity contribution in [2.24, 2.45) is 5.73 Å². The Kier molecular flexibility index (Phi) is 11.0. The molecule has 5 nitrogen and oxygen atoms in total. The smallest absolute Gasteiger partial charge is 0.251 e. The average molecular weight is 372 g/mol. The highest BCUT2D eigenvalue weighted by atomic mass is 32.1. The predicted octanol–water partition coefficient (Wildman–Crippen LogP) is 3.22. The van der Waals surface area contributed by atoms with Gasteiger partial charge < -0.3 is 16.0 Å². The van der Waals surface area contributed by atoms with E-state index in [9.17, 15) is 4.79 Å². The van der Waals surface area contributed by atoms with E-state index in [4.69, 9.17) is 19.2 Å². The summed E-state index contributed by atoms with van der Waals surface area (Å²) in [4.78, 5) is 16.2. The molecular weight excluding hydrogens is 347 g/mol. The molecule has 23 heavy (non-hydrogen) atoms. The van der Waals surface area contributed by atoms with E-state index in [0.717, 1.165) is 24.2 Å². The summed E-state index contributed by atoms with van der Waals surface area (Å²) in [5.74, 6) is 0. The summed E-state index contributed by atoms with van der Waals surface area (Å²) in [5.41, 5.74) is 6.95. The maximum Gasteiger partial charge on any atom is 0.251 e. The highest BCUT2D eigenvalue weighted by Crippen LogP contribution is 2.03. The molecule has 126 valence electrons. The van der Waals surface area contributed by atoms with Gasteiger partial charge in [0, 0.05) is 17.4 Å². The molecule has 2 aromatic rings. The first-order chi connectivity index (χ1) is 11.4. The quantitative estimate of drug-likeness (QED) is 0.491. The molecule has 0 amide bonds. The molecule has 0 saturated carbocycles. The molecule has 0 saturated heterocycles. The highest BCUT2D eigenvalue weighted by molar-refractivity contribution is 7.80. The Labute approximate surface area is 150 Å². The van der Waals surface area contributed by atoms with Gasteiger partial charge in [-0.25, -0.2) is 0 Å². The van der Waals surface area contributed by atoms with E-state index in [1.807, 2.05) is 37.0 Å². The molecule has 0 aliphatic carbocycles. The van der Waals surface area contributed by atoms with Crippen LogP contribution in [0, 0.1) is 4.77 Å². The van der Waals surface area contributed by atoms with Crippen LogP contribution in [0.2, 0.25) is 0 Å². The van der Waals surface area contributed by atoms with Crippen molar-refractivity contribution >= 4 is 44.4 Å². The molecule has 1 aromatic heterocycles. The van der Waals surface area contributed by atoms with Crippen LogP contribution in [0.5, 0.6) is 0 Å². The van der Waals surface area contributed by atoms with E-state index < -0.39 is 0 Å². The van der Waals surface area contributed by atoms with Gasteiger partial charge in [0.25, 0.3) is 5.56 Å². The first-order valence-corrected chi connectivity index (χ1v) is 8.77. The van der Waals surface area contributed by atoms with Gasteiger partial charge in [-0.15, -0.1) is 9.18 Å². The highest BCUT2D eigenvalue weighted by Gasteiger charge is 1.91. The number of rotatable bonds is 3. The van der Waals surface area contributed by atoms with Gasteiger partial charge in [-0.1, -0.05) is 38.2 Å². The number of aromatic nitrogens is 2. The van der Waals surface area contributed by atoms with E-state index in [1.165, 1.54) is 0 Å². The van der Waals surface area contributed by atoms with Gasteiger partial charge in [-0.05, 0) is 43.0 Å². The fraction of sp³-hybridized carbons (Fsp3) is 0.267. The minimum atomic E-state index is -0.128. The molecule has 1 heterocycles. The first-order valence-electron chi connectivity index (χ1n) is 7.45.